The molecule has 16 heavy (non-hydrogen) atoms. The van der Waals surface area contributed by atoms with Gasteiger partial charge in [0.15, 0.2) is 5.65 Å². The fraction of sp³-hybridized carbons (Fsp3) is 0.300. The molecule has 0 amide bonds. The summed E-state index contributed by atoms with van der Waals surface area (Å²) in [6.45, 7) is 2.03. The Morgan fingerprint density at radius 2 is 2.38 bits per heavy atom. The zero-order chi connectivity index (χ0) is 11.7. The Balaban J connectivity index is 2.85. The van der Waals surface area contributed by atoms with Gasteiger partial charge in [-0.2, -0.15) is 14.9 Å². The van der Waals surface area contributed by atoms with Gasteiger partial charge >= 0.3 is 0 Å². The number of rotatable bonds is 2. The minimum absolute atomic E-state index is 0.358. The Labute approximate surface area is 97.3 Å². The fourth-order valence-electron chi connectivity index (χ4n) is 1.54. The topological polar surface area (TPSA) is 80.0 Å². The summed E-state index contributed by atoms with van der Waals surface area (Å²) < 4.78 is 1.52. The molecule has 0 saturated heterocycles. The standard InChI is InChI=1S/C10H11N5S/c1-3-6-5-13-15-8(12)7(4-11)10(16-2)14-9(6)15/h5H,3,12H2,1-2H3. The first-order valence-electron chi connectivity index (χ1n) is 4.83. The van der Waals surface area contributed by atoms with Crippen molar-refractivity contribution in [1.82, 2.24) is 14.6 Å². The highest BCUT2D eigenvalue weighted by molar-refractivity contribution is 7.98. The van der Waals surface area contributed by atoms with Crippen LogP contribution in [0.25, 0.3) is 5.65 Å². The molecule has 0 aliphatic rings. The van der Waals surface area contributed by atoms with E-state index >= 15 is 0 Å². The highest BCUT2D eigenvalue weighted by Gasteiger charge is 2.14. The summed E-state index contributed by atoms with van der Waals surface area (Å²) in [7, 11) is 0. The van der Waals surface area contributed by atoms with Crippen LogP contribution < -0.4 is 5.73 Å². The fourth-order valence-corrected chi connectivity index (χ4v) is 2.07. The molecular weight excluding hydrogens is 222 g/mol. The van der Waals surface area contributed by atoms with Crippen molar-refractivity contribution in [2.45, 2.75) is 18.4 Å². The molecule has 0 bridgehead atoms. The lowest BCUT2D eigenvalue weighted by atomic mass is 10.2. The minimum Gasteiger partial charge on any atom is -0.382 e. The van der Waals surface area contributed by atoms with E-state index in [0.29, 0.717) is 16.4 Å². The van der Waals surface area contributed by atoms with E-state index in [0.717, 1.165) is 17.6 Å². The van der Waals surface area contributed by atoms with Crippen LogP contribution in [0.1, 0.15) is 18.1 Å². The number of nitrogens with zero attached hydrogens (tertiary/aromatic N) is 4. The molecule has 0 aromatic carbocycles. The van der Waals surface area contributed by atoms with Crippen LogP contribution in [0, 0.1) is 11.3 Å². The number of aryl methyl sites for hydroxylation is 1. The molecule has 2 rings (SSSR count). The number of hydrogen-bond acceptors (Lipinski definition) is 5. The lowest BCUT2D eigenvalue weighted by molar-refractivity contribution is 0.920. The molecule has 82 valence electrons. The first-order valence-corrected chi connectivity index (χ1v) is 6.05. The second-order valence-corrected chi connectivity index (χ2v) is 4.05. The van der Waals surface area contributed by atoms with E-state index in [9.17, 15) is 0 Å². The van der Waals surface area contributed by atoms with Crippen molar-refractivity contribution in [2.24, 2.45) is 0 Å². The lowest BCUT2D eigenvalue weighted by Crippen LogP contribution is -2.05. The Bertz CT molecular complexity index is 581. The SMILES string of the molecule is CCc1cnn2c(N)c(C#N)c(SC)nc12. The number of hydrogen-bond donors (Lipinski definition) is 1. The number of nitrogens with two attached hydrogens (primary N) is 1. The quantitative estimate of drug-likeness (QED) is 0.627. The third kappa shape index (κ3) is 1.41. The highest BCUT2D eigenvalue weighted by atomic mass is 32.2. The Morgan fingerprint density at radius 1 is 1.62 bits per heavy atom. The zero-order valence-electron chi connectivity index (χ0n) is 9.06. The van der Waals surface area contributed by atoms with Crippen molar-refractivity contribution in [2.75, 3.05) is 12.0 Å². The van der Waals surface area contributed by atoms with Crippen molar-refractivity contribution in [1.29, 1.82) is 5.26 Å². The van der Waals surface area contributed by atoms with Crippen molar-refractivity contribution >= 4 is 23.2 Å². The van der Waals surface area contributed by atoms with Crippen molar-refractivity contribution in [3.8, 4) is 6.07 Å². The van der Waals surface area contributed by atoms with Crippen LogP contribution in [-0.4, -0.2) is 20.9 Å². The molecule has 2 aromatic rings. The van der Waals surface area contributed by atoms with Gasteiger partial charge in [0.05, 0.1) is 6.20 Å². The van der Waals surface area contributed by atoms with Crippen LogP contribution in [0.4, 0.5) is 5.82 Å². The van der Waals surface area contributed by atoms with Gasteiger partial charge in [-0.3, -0.25) is 0 Å². The summed E-state index contributed by atoms with van der Waals surface area (Å²) in [5.74, 6) is 0.358. The van der Waals surface area contributed by atoms with Gasteiger partial charge in [-0.05, 0) is 12.7 Å². The van der Waals surface area contributed by atoms with Gasteiger partial charge in [-0.25, -0.2) is 4.98 Å². The average molecular weight is 233 g/mol. The largest absolute Gasteiger partial charge is 0.382 e. The summed E-state index contributed by atoms with van der Waals surface area (Å²) in [6.07, 6.45) is 4.46. The summed E-state index contributed by atoms with van der Waals surface area (Å²) in [4.78, 5) is 4.42. The van der Waals surface area contributed by atoms with Crippen LogP contribution in [0.15, 0.2) is 11.2 Å². The molecule has 0 atom stereocenters. The molecule has 2 heterocycles. The second kappa shape index (κ2) is 4.02. The Hall–Kier alpha value is -1.74. The maximum absolute atomic E-state index is 9.03. The Kier molecular flexibility index (Phi) is 2.71. The van der Waals surface area contributed by atoms with Crippen LogP contribution in [0.3, 0.4) is 0 Å². The predicted octanol–water partition coefficient (Wildman–Crippen LogP) is 1.47. The predicted molar refractivity (Wildman–Crippen MR) is 63.3 cm³/mol. The zero-order valence-corrected chi connectivity index (χ0v) is 9.88. The lowest BCUT2D eigenvalue weighted by Gasteiger charge is -2.05. The molecule has 2 aromatic heterocycles. The van der Waals surface area contributed by atoms with Gasteiger partial charge < -0.3 is 5.73 Å². The van der Waals surface area contributed by atoms with Crippen molar-refractivity contribution in [3.63, 3.8) is 0 Å². The number of nitriles is 1. The van der Waals surface area contributed by atoms with Crippen LogP contribution in [-0.2, 0) is 6.42 Å². The van der Waals surface area contributed by atoms with Gasteiger partial charge in [0.1, 0.15) is 22.5 Å². The molecule has 0 radical (unpaired) electrons. The number of anilines is 1. The van der Waals surface area contributed by atoms with Gasteiger partial charge in [-0.1, -0.05) is 6.92 Å². The molecule has 0 saturated carbocycles. The summed E-state index contributed by atoms with van der Waals surface area (Å²) in [5.41, 5.74) is 8.07. The van der Waals surface area contributed by atoms with E-state index in [-0.39, 0.29) is 0 Å². The average Bonchev–Trinajstić information content (AvgIpc) is 2.71. The molecular formula is C10H11N5S. The molecule has 0 spiro atoms. The molecule has 0 aliphatic carbocycles. The molecule has 0 fully saturated rings. The van der Waals surface area contributed by atoms with E-state index in [1.807, 2.05) is 13.2 Å². The van der Waals surface area contributed by atoms with E-state index in [1.165, 1.54) is 16.3 Å². The molecule has 6 heteroatoms. The van der Waals surface area contributed by atoms with Crippen LogP contribution in [0.2, 0.25) is 0 Å². The normalized spacial score (nSPS) is 10.6. The van der Waals surface area contributed by atoms with E-state index < -0.39 is 0 Å². The van der Waals surface area contributed by atoms with Gasteiger partial charge in [0, 0.05) is 5.56 Å². The van der Waals surface area contributed by atoms with Gasteiger partial charge in [0.25, 0.3) is 0 Å². The van der Waals surface area contributed by atoms with Crippen molar-refractivity contribution in [3.05, 3.63) is 17.3 Å². The summed E-state index contributed by atoms with van der Waals surface area (Å²) in [5, 5.41) is 13.8. The number of aromatic nitrogens is 3. The smallest absolute Gasteiger partial charge is 0.161 e. The number of nitrogen functional groups attached to an aromatic ring is 1. The molecule has 5 nitrogen and oxygen atoms in total. The van der Waals surface area contributed by atoms with E-state index in [2.05, 4.69) is 16.2 Å². The maximum atomic E-state index is 9.03. The second-order valence-electron chi connectivity index (χ2n) is 3.25. The summed E-state index contributed by atoms with van der Waals surface area (Å²) in [6, 6.07) is 2.07. The number of fused-ring (bicyclic) bond motifs is 1. The van der Waals surface area contributed by atoms with Crippen molar-refractivity contribution < 1.29 is 0 Å². The number of thioether (sulfide) groups is 1. The van der Waals surface area contributed by atoms with Crippen LogP contribution in [0.5, 0.6) is 0 Å². The third-order valence-corrected chi connectivity index (χ3v) is 3.09. The van der Waals surface area contributed by atoms with E-state index in [4.69, 9.17) is 11.0 Å². The minimum atomic E-state index is 0.358. The third-order valence-electron chi connectivity index (χ3n) is 2.41. The van der Waals surface area contributed by atoms with Gasteiger partial charge in [0.2, 0.25) is 0 Å². The summed E-state index contributed by atoms with van der Waals surface area (Å²) >= 11 is 1.42. The monoisotopic (exact) mass is 233 g/mol. The van der Waals surface area contributed by atoms with Gasteiger partial charge in [-0.15, -0.1) is 11.8 Å². The Morgan fingerprint density at radius 3 is 2.94 bits per heavy atom. The van der Waals surface area contributed by atoms with E-state index in [1.54, 1.807) is 6.20 Å². The maximum Gasteiger partial charge on any atom is 0.161 e. The first-order chi connectivity index (χ1) is 7.72. The molecule has 0 unspecified atom stereocenters. The van der Waals surface area contributed by atoms with Crippen LogP contribution >= 0.6 is 11.8 Å². The highest BCUT2D eigenvalue weighted by Crippen LogP contribution is 2.25. The molecule has 2 N–H and O–H groups in total. The first kappa shape index (κ1) is 10.8. The molecule has 0 aliphatic heterocycles.